The van der Waals surface area contributed by atoms with Gasteiger partial charge in [0.05, 0.1) is 11.7 Å². The number of esters is 1. The maximum Gasteiger partial charge on any atom is 0.339 e. The van der Waals surface area contributed by atoms with E-state index in [-0.39, 0.29) is 12.1 Å². The van der Waals surface area contributed by atoms with Crippen molar-refractivity contribution in [3.8, 4) is 0 Å². The lowest BCUT2D eigenvalue weighted by molar-refractivity contribution is 0.0376. The lowest BCUT2D eigenvalue weighted by atomic mass is 10.1. The number of carbonyl (C=O) groups excluding carboxylic acids is 1. The fraction of sp³-hybridized carbons (Fsp3) is 0.364. The molecule has 3 heteroatoms. The first kappa shape index (κ1) is 11.2. The highest BCUT2D eigenvalue weighted by molar-refractivity contribution is 9.10. The normalized spacial score (nSPS) is 10.4. The molecule has 0 unspecified atom stereocenters. The molecule has 0 spiro atoms. The zero-order valence-electron chi connectivity index (χ0n) is 8.50. The molecule has 76 valence electrons. The van der Waals surface area contributed by atoms with Crippen LogP contribution in [-0.2, 0) is 4.74 Å². The third kappa shape index (κ3) is 2.58. The standard InChI is InChI=1S/C11H13BrO2/c1-7(2)14-11(13)10-8(3)5-4-6-9(10)12/h4-7H,1-3H3. The average molecular weight is 257 g/mol. The molecule has 0 radical (unpaired) electrons. The van der Waals surface area contributed by atoms with Crippen molar-refractivity contribution < 1.29 is 9.53 Å². The van der Waals surface area contributed by atoms with E-state index in [1.165, 1.54) is 0 Å². The van der Waals surface area contributed by atoms with Gasteiger partial charge < -0.3 is 4.74 Å². The van der Waals surface area contributed by atoms with Gasteiger partial charge in [-0.1, -0.05) is 12.1 Å². The molecule has 0 bridgehead atoms. The fourth-order valence-corrected chi connectivity index (χ4v) is 1.79. The second-order valence-corrected chi connectivity index (χ2v) is 4.24. The maximum atomic E-state index is 11.6. The molecule has 0 saturated carbocycles. The Morgan fingerprint density at radius 1 is 1.43 bits per heavy atom. The molecule has 0 fully saturated rings. The van der Waals surface area contributed by atoms with E-state index >= 15 is 0 Å². The first-order valence-electron chi connectivity index (χ1n) is 4.48. The first-order valence-corrected chi connectivity index (χ1v) is 5.27. The van der Waals surface area contributed by atoms with E-state index in [2.05, 4.69) is 15.9 Å². The molecule has 0 aliphatic heterocycles. The molecule has 0 aliphatic carbocycles. The van der Waals surface area contributed by atoms with Crippen LogP contribution in [0.15, 0.2) is 22.7 Å². The fourth-order valence-electron chi connectivity index (χ4n) is 1.16. The predicted octanol–water partition coefficient (Wildman–Crippen LogP) is 3.32. The highest BCUT2D eigenvalue weighted by Crippen LogP contribution is 2.21. The van der Waals surface area contributed by atoms with Gasteiger partial charge in [0, 0.05) is 4.47 Å². The van der Waals surface area contributed by atoms with Crippen LogP contribution in [0.3, 0.4) is 0 Å². The van der Waals surface area contributed by atoms with Crippen molar-refractivity contribution in [3.63, 3.8) is 0 Å². The summed E-state index contributed by atoms with van der Waals surface area (Å²) in [6.07, 6.45) is -0.0889. The van der Waals surface area contributed by atoms with E-state index in [9.17, 15) is 4.79 Å². The van der Waals surface area contributed by atoms with Gasteiger partial charge in [0.2, 0.25) is 0 Å². The van der Waals surface area contributed by atoms with Crippen LogP contribution in [0.1, 0.15) is 29.8 Å². The number of rotatable bonds is 2. The summed E-state index contributed by atoms with van der Waals surface area (Å²) in [5, 5.41) is 0. The highest BCUT2D eigenvalue weighted by atomic mass is 79.9. The second-order valence-electron chi connectivity index (χ2n) is 3.39. The number of benzene rings is 1. The molecule has 2 nitrogen and oxygen atoms in total. The van der Waals surface area contributed by atoms with Crippen LogP contribution in [0, 0.1) is 6.92 Å². The number of hydrogen-bond acceptors (Lipinski definition) is 2. The van der Waals surface area contributed by atoms with Crippen molar-refractivity contribution in [1.82, 2.24) is 0 Å². The summed E-state index contributed by atoms with van der Waals surface area (Å²) in [5.74, 6) is -0.273. The van der Waals surface area contributed by atoms with Crippen molar-refractivity contribution >= 4 is 21.9 Å². The Morgan fingerprint density at radius 2 is 2.07 bits per heavy atom. The Balaban J connectivity index is 3.00. The van der Waals surface area contributed by atoms with Gasteiger partial charge in [-0.3, -0.25) is 0 Å². The van der Waals surface area contributed by atoms with E-state index in [1.807, 2.05) is 39.0 Å². The van der Waals surface area contributed by atoms with E-state index in [0.29, 0.717) is 5.56 Å². The number of halogens is 1. The molecule has 0 atom stereocenters. The molecular weight excluding hydrogens is 244 g/mol. The summed E-state index contributed by atoms with van der Waals surface area (Å²) in [5.41, 5.74) is 1.53. The summed E-state index contributed by atoms with van der Waals surface area (Å²) in [7, 11) is 0. The van der Waals surface area contributed by atoms with Crippen LogP contribution in [-0.4, -0.2) is 12.1 Å². The van der Waals surface area contributed by atoms with Crippen LogP contribution in [0.4, 0.5) is 0 Å². The highest BCUT2D eigenvalue weighted by Gasteiger charge is 2.14. The Labute approximate surface area is 92.4 Å². The summed E-state index contributed by atoms with van der Waals surface area (Å²) >= 11 is 3.34. The zero-order valence-corrected chi connectivity index (χ0v) is 10.1. The molecule has 1 aromatic carbocycles. The largest absolute Gasteiger partial charge is 0.459 e. The van der Waals surface area contributed by atoms with Crippen molar-refractivity contribution in [2.75, 3.05) is 0 Å². The minimum Gasteiger partial charge on any atom is -0.459 e. The van der Waals surface area contributed by atoms with Crippen LogP contribution in [0.5, 0.6) is 0 Å². The molecule has 1 rings (SSSR count). The monoisotopic (exact) mass is 256 g/mol. The van der Waals surface area contributed by atoms with Gasteiger partial charge >= 0.3 is 5.97 Å². The van der Waals surface area contributed by atoms with Gasteiger partial charge in [-0.15, -0.1) is 0 Å². The van der Waals surface area contributed by atoms with Crippen molar-refractivity contribution in [2.45, 2.75) is 26.9 Å². The Kier molecular flexibility index (Phi) is 3.69. The zero-order chi connectivity index (χ0) is 10.7. The Bertz CT molecular complexity index is 325. The average Bonchev–Trinajstić information content (AvgIpc) is 2.01. The van der Waals surface area contributed by atoms with Crippen LogP contribution < -0.4 is 0 Å². The number of aryl methyl sites for hydroxylation is 1. The first-order chi connectivity index (χ1) is 6.52. The van der Waals surface area contributed by atoms with E-state index < -0.39 is 0 Å². The molecule has 1 aromatic rings. The number of carbonyl (C=O) groups is 1. The summed E-state index contributed by atoms with van der Waals surface area (Å²) in [4.78, 5) is 11.6. The minimum absolute atomic E-state index is 0.0889. The van der Waals surface area contributed by atoms with Gasteiger partial charge in [0.1, 0.15) is 0 Å². The number of ether oxygens (including phenoxy) is 1. The lowest BCUT2D eigenvalue weighted by Gasteiger charge is -2.10. The van der Waals surface area contributed by atoms with Gasteiger partial charge in [0.15, 0.2) is 0 Å². The molecule has 0 aliphatic rings. The van der Waals surface area contributed by atoms with Gasteiger partial charge in [0.25, 0.3) is 0 Å². The van der Waals surface area contributed by atoms with Gasteiger partial charge in [-0.2, -0.15) is 0 Å². The van der Waals surface area contributed by atoms with Crippen molar-refractivity contribution in [3.05, 3.63) is 33.8 Å². The van der Waals surface area contributed by atoms with Gasteiger partial charge in [-0.25, -0.2) is 4.79 Å². The van der Waals surface area contributed by atoms with Crippen LogP contribution in [0.25, 0.3) is 0 Å². The molecule has 0 N–H and O–H groups in total. The summed E-state index contributed by atoms with van der Waals surface area (Å²) in [6.45, 7) is 5.57. The molecule has 0 aromatic heterocycles. The molecular formula is C11H13BrO2. The van der Waals surface area contributed by atoms with Crippen LogP contribution >= 0.6 is 15.9 Å². The van der Waals surface area contributed by atoms with Crippen molar-refractivity contribution in [1.29, 1.82) is 0 Å². The summed E-state index contributed by atoms with van der Waals surface area (Å²) in [6, 6.07) is 5.62. The molecule has 14 heavy (non-hydrogen) atoms. The van der Waals surface area contributed by atoms with Gasteiger partial charge in [-0.05, 0) is 48.3 Å². The Hall–Kier alpha value is -0.830. The maximum absolute atomic E-state index is 11.6. The smallest absolute Gasteiger partial charge is 0.339 e. The summed E-state index contributed by atoms with van der Waals surface area (Å²) < 4.78 is 5.91. The third-order valence-corrected chi connectivity index (χ3v) is 2.43. The molecule has 0 saturated heterocycles. The van der Waals surface area contributed by atoms with E-state index in [4.69, 9.17) is 4.74 Å². The van der Waals surface area contributed by atoms with Crippen molar-refractivity contribution in [2.24, 2.45) is 0 Å². The SMILES string of the molecule is Cc1cccc(Br)c1C(=O)OC(C)C. The van der Waals surface area contributed by atoms with E-state index in [0.717, 1.165) is 10.0 Å². The minimum atomic E-state index is -0.273. The molecule has 0 heterocycles. The second kappa shape index (κ2) is 4.60. The number of hydrogen-bond donors (Lipinski definition) is 0. The third-order valence-electron chi connectivity index (χ3n) is 1.77. The lowest BCUT2D eigenvalue weighted by Crippen LogP contribution is -2.13. The van der Waals surface area contributed by atoms with E-state index in [1.54, 1.807) is 0 Å². The Morgan fingerprint density at radius 3 is 2.57 bits per heavy atom. The quantitative estimate of drug-likeness (QED) is 0.759. The molecule has 0 amide bonds. The predicted molar refractivity (Wildman–Crippen MR) is 59.4 cm³/mol. The van der Waals surface area contributed by atoms with Crippen LogP contribution in [0.2, 0.25) is 0 Å². The topological polar surface area (TPSA) is 26.3 Å².